The molecule has 3 saturated heterocycles. The number of rotatable bonds is 65. The van der Waals surface area contributed by atoms with Gasteiger partial charge in [0, 0.05) is 19.8 Å². The molecule has 3 rings (SSSR count). The maximum atomic E-state index is 13.6. The van der Waals surface area contributed by atoms with E-state index in [0.717, 1.165) is 64.7 Å². The summed E-state index contributed by atoms with van der Waals surface area (Å²) in [5.41, 5.74) is 0. The average Bonchev–Trinajstić information content (AvgIpc) is 0.756. The van der Waals surface area contributed by atoms with Crippen molar-refractivity contribution < 1.29 is 104 Å². The number of unbranched alkanes of at least 4 members (excludes halogenated alkanes) is 41. The molecule has 3 aliphatic rings. The van der Waals surface area contributed by atoms with Gasteiger partial charge in [-0.25, -0.2) is 4.79 Å². The Balaban J connectivity index is 1.50. The van der Waals surface area contributed by atoms with Gasteiger partial charge in [-0.1, -0.05) is 288 Å². The van der Waals surface area contributed by atoms with Gasteiger partial charge in [0.05, 0.1) is 50.7 Å². The smallest absolute Gasteiger partial charge is 0.364 e. The number of aliphatic carboxylic acids is 1. The van der Waals surface area contributed by atoms with Gasteiger partial charge in [-0.05, 0) is 51.4 Å². The van der Waals surface area contributed by atoms with Crippen molar-refractivity contribution in [2.75, 3.05) is 26.4 Å². The van der Waals surface area contributed by atoms with Crippen molar-refractivity contribution in [1.29, 1.82) is 0 Å². The van der Waals surface area contributed by atoms with E-state index in [9.17, 15) is 75.7 Å². The van der Waals surface area contributed by atoms with Crippen molar-refractivity contribution in [3.05, 3.63) is 36.5 Å². The van der Waals surface area contributed by atoms with Crippen LogP contribution < -0.4 is 10.6 Å². The number of hydrogen-bond donors (Lipinski definition) is 14. The fourth-order valence-corrected chi connectivity index (χ4v) is 14.3. The fourth-order valence-electron chi connectivity index (χ4n) is 14.3. The lowest BCUT2D eigenvalue weighted by Crippen LogP contribution is -2.70. The van der Waals surface area contributed by atoms with Gasteiger partial charge in [0.1, 0.15) is 67.1 Å². The van der Waals surface area contributed by atoms with Crippen molar-refractivity contribution in [2.24, 2.45) is 0 Å². The van der Waals surface area contributed by atoms with E-state index in [1.807, 2.05) is 6.08 Å². The average molecular weight is 1490 g/mol. The zero-order valence-electron chi connectivity index (χ0n) is 64.4. The lowest BCUT2D eigenvalue weighted by molar-refractivity contribution is -0.386. The molecule has 18 unspecified atom stereocenters. The standard InChI is InChI=1S/C81H148N2O21/c1-4-6-8-10-12-14-16-18-20-22-24-26-27-28-29-30-31-32-33-35-37-39-41-43-45-47-49-51-53-55-68(91)83-62(63(88)54-52-50-48-46-44-42-40-38-36-34-25-23-21-19-17-15-13-11-9-7-5-2)60-99-78-73(95)72(94)75(67(59-86)101-78)102-79-74(96)77(71(93)66(58-85)100-79)104-81(80(97)98)56-64(89)69(82-61(3)87)76(103-81)70(92)65(90)57-84/h24,26,28-29,52,54,62-67,69-79,84-86,88-90,92-96H,4-23,25,27,30-51,53,55-60H2,1-3H3,(H,82,87)(H,83,91)(H,97,98)/b26-24-,29-28-,54-52+. The van der Waals surface area contributed by atoms with Crippen LogP contribution in [-0.4, -0.2) is 215 Å². The first-order valence-corrected chi connectivity index (χ1v) is 41.4. The van der Waals surface area contributed by atoms with E-state index < -0.39 is 155 Å². The van der Waals surface area contributed by atoms with Crippen molar-refractivity contribution in [2.45, 2.75) is 432 Å². The zero-order valence-corrected chi connectivity index (χ0v) is 64.4. The van der Waals surface area contributed by atoms with Crippen LogP contribution in [0, 0.1) is 0 Å². The predicted octanol–water partition coefficient (Wildman–Crippen LogP) is 11.3. The third kappa shape index (κ3) is 39.5. The number of ether oxygens (including phenoxy) is 6. The maximum absolute atomic E-state index is 13.6. The Morgan fingerprint density at radius 3 is 1.36 bits per heavy atom. The first-order chi connectivity index (χ1) is 50.4. The van der Waals surface area contributed by atoms with Gasteiger partial charge < -0.3 is 100 Å². The molecule has 2 amide bonds. The second-order valence-electron chi connectivity index (χ2n) is 30.0. The third-order valence-electron chi connectivity index (χ3n) is 20.8. The van der Waals surface area contributed by atoms with E-state index in [-0.39, 0.29) is 12.3 Å². The van der Waals surface area contributed by atoms with E-state index in [2.05, 4.69) is 48.8 Å². The molecule has 0 radical (unpaired) electrons. The maximum Gasteiger partial charge on any atom is 0.364 e. The van der Waals surface area contributed by atoms with Crippen LogP contribution in [0.25, 0.3) is 0 Å². The fraction of sp³-hybridized carbons (Fsp3) is 0.889. The van der Waals surface area contributed by atoms with Crippen LogP contribution in [-0.2, 0) is 42.8 Å². The summed E-state index contributed by atoms with van der Waals surface area (Å²) < 4.78 is 34.9. The molecule has 18 atom stereocenters. The van der Waals surface area contributed by atoms with Crippen molar-refractivity contribution in [3.63, 3.8) is 0 Å². The van der Waals surface area contributed by atoms with E-state index in [1.165, 1.54) is 218 Å². The molecule has 3 fully saturated rings. The molecule has 0 spiro atoms. The quantitative estimate of drug-likeness (QED) is 0.0199. The number of aliphatic hydroxyl groups is 11. The molecule has 0 aromatic heterocycles. The molecular weight excluding hydrogens is 1340 g/mol. The molecule has 0 aromatic carbocycles. The van der Waals surface area contributed by atoms with Crippen molar-refractivity contribution >= 4 is 17.8 Å². The largest absolute Gasteiger partial charge is 0.477 e. The zero-order chi connectivity index (χ0) is 76.0. The Morgan fingerprint density at radius 1 is 0.510 bits per heavy atom. The van der Waals surface area contributed by atoms with Gasteiger partial charge in [0.25, 0.3) is 5.79 Å². The van der Waals surface area contributed by atoms with E-state index in [0.29, 0.717) is 12.8 Å². The molecule has 3 heterocycles. The summed E-state index contributed by atoms with van der Waals surface area (Å²) in [6, 6.07) is -2.62. The molecule has 0 bridgehead atoms. The lowest BCUT2D eigenvalue weighted by atomic mass is 9.88. The molecule has 608 valence electrons. The summed E-state index contributed by atoms with van der Waals surface area (Å²) in [4.78, 5) is 38.7. The highest BCUT2D eigenvalue weighted by atomic mass is 16.8. The Kier molecular flexibility index (Phi) is 54.7. The highest BCUT2D eigenvalue weighted by Gasteiger charge is 2.60. The van der Waals surface area contributed by atoms with Gasteiger partial charge in [0.15, 0.2) is 12.6 Å². The number of carboxylic acids is 1. The number of carboxylic acid groups (broad SMARTS) is 1. The first-order valence-electron chi connectivity index (χ1n) is 41.4. The van der Waals surface area contributed by atoms with Crippen LogP contribution in [0.3, 0.4) is 0 Å². The minimum Gasteiger partial charge on any atom is -0.477 e. The van der Waals surface area contributed by atoms with Crippen LogP contribution in [0.15, 0.2) is 36.5 Å². The van der Waals surface area contributed by atoms with Crippen LogP contribution in [0.5, 0.6) is 0 Å². The van der Waals surface area contributed by atoms with Gasteiger partial charge in [-0.15, -0.1) is 0 Å². The summed E-state index contributed by atoms with van der Waals surface area (Å²) in [6.07, 6.45) is 38.9. The topological polar surface area (TPSA) is 373 Å². The van der Waals surface area contributed by atoms with Gasteiger partial charge in [-0.3, -0.25) is 9.59 Å². The molecule has 23 heteroatoms. The second-order valence-corrected chi connectivity index (χ2v) is 30.0. The SMILES string of the molecule is CCCCCCCCCCC/C=C\C/C=C\CCCCCCCCCCCCCCCC(=O)NC(COC1OC(CO)C(OC2OC(CO)C(O)C(OC3(C(=O)O)CC(O)C(NC(C)=O)C(C(O)C(O)CO)O3)C2O)C(O)C1O)C(O)/C=C/CCCCCCCCCCCCCCCCCCCCC. The Labute approximate surface area is 625 Å². The lowest BCUT2D eigenvalue weighted by Gasteiger charge is -2.50. The number of aliphatic hydroxyl groups excluding tert-OH is 11. The van der Waals surface area contributed by atoms with Gasteiger partial charge >= 0.3 is 5.97 Å². The normalized spacial score (nSPS) is 26.5. The van der Waals surface area contributed by atoms with Crippen LogP contribution in [0.4, 0.5) is 0 Å². The van der Waals surface area contributed by atoms with Gasteiger partial charge in [-0.2, -0.15) is 0 Å². The molecule has 104 heavy (non-hydrogen) atoms. The molecule has 14 N–H and O–H groups in total. The Hall–Kier alpha value is -3.05. The molecule has 0 aliphatic carbocycles. The number of carbonyl (C=O) groups excluding carboxylic acids is 2. The molecule has 0 saturated carbocycles. The Bertz CT molecular complexity index is 2210. The predicted molar refractivity (Wildman–Crippen MR) is 403 cm³/mol. The van der Waals surface area contributed by atoms with Crippen molar-refractivity contribution in [1.82, 2.24) is 10.6 Å². The summed E-state index contributed by atoms with van der Waals surface area (Å²) in [5.74, 6) is -6.14. The Morgan fingerprint density at radius 2 is 0.933 bits per heavy atom. The number of hydrogen-bond acceptors (Lipinski definition) is 20. The highest BCUT2D eigenvalue weighted by Crippen LogP contribution is 2.39. The van der Waals surface area contributed by atoms with E-state index in [4.69, 9.17) is 28.4 Å². The summed E-state index contributed by atoms with van der Waals surface area (Å²) in [6.45, 7) is 2.18. The number of allylic oxidation sites excluding steroid dienone is 5. The van der Waals surface area contributed by atoms with E-state index >= 15 is 0 Å². The number of carbonyl (C=O) groups is 3. The number of nitrogens with one attached hydrogen (secondary N) is 2. The first kappa shape index (κ1) is 95.2. The molecular formula is C81H148N2O21. The number of amides is 2. The van der Waals surface area contributed by atoms with Crippen LogP contribution >= 0.6 is 0 Å². The van der Waals surface area contributed by atoms with Crippen molar-refractivity contribution in [3.8, 4) is 0 Å². The molecule has 23 nitrogen and oxygen atoms in total. The van der Waals surface area contributed by atoms with Crippen LogP contribution in [0.2, 0.25) is 0 Å². The van der Waals surface area contributed by atoms with Gasteiger partial charge in [0.2, 0.25) is 11.8 Å². The second kappa shape index (κ2) is 59.8. The molecule has 3 aliphatic heterocycles. The van der Waals surface area contributed by atoms with E-state index in [1.54, 1.807) is 6.08 Å². The molecule has 0 aromatic rings. The monoisotopic (exact) mass is 1490 g/mol. The highest BCUT2D eigenvalue weighted by molar-refractivity contribution is 5.77. The minimum absolute atomic E-state index is 0.200. The summed E-state index contributed by atoms with van der Waals surface area (Å²) in [7, 11) is 0. The van der Waals surface area contributed by atoms with Crippen LogP contribution in [0.1, 0.15) is 323 Å². The summed E-state index contributed by atoms with van der Waals surface area (Å²) in [5, 5.41) is 136. The minimum atomic E-state index is -3.08. The summed E-state index contributed by atoms with van der Waals surface area (Å²) >= 11 is 0. The third-order valence-corrected chi connectivity index (χ3v) is 20.8.